The van der Waals surface area contributed by atoms with Crippen LogP contribution in [0.25, 0.3) is 0 Å². The van der Waals surface area contributed by atoms with Crippen LogP contribution in [0.15, 0.2) is 11.6 Å². The molecule has 0 bridgehead atoms. The predicted molar refractivity (Wildman–Crippen MR) is 113 cm³/mol. The Hall–Kier alpha value is -1.36. The number of rotatable bonds is 7. The number of carbonyl (C=O) groups is 2. The van der Waals surface area contributed by atoms with Gasteiger partial charge in [0.1, 0.15) is 6.04 Å². The minimum Gasteiger partial charge on any atom is -0.480 e. The highest BCUT2D eigenvalue weighted by Gasteiger charge is 2.39. The Balaban J connectivity index is 1.99. The number of nitrogens with zero attached hydrogens (tertiary/aromatic N) is 1. The van der Waals surface area contributed by atoms with Crippen LogP contribution in [0.3, 0.4) is 0 Å². The van der Waals surface area contributed by atoms with Crippen molar-refractivity contribution in [1.82, 2.24) is 10.2 Å². The molecule has 2 rings (SSSR count). The fourth-order valence-electron chi connectivity index (χ4n) is 4.67. The number of likely N-dealkylation sites (tertiary alicyclic amines) is 1. The molecule has 2 N–H and O–H groups in total. The Kier molecular flexibility index (Phi) is 10.0. The first kappa shape index (κ1) is 22.9. The average Bonchev–Trinajstić information content (AvgIpc) is 3.11. The van der Waals surface area contributed by atoms with Crippen LogP contribution in [-0.2, 0) is 9.59 Å². The summed E-state index contributed by atoms with van der Waals surface area (Å²) in [6.07, 6.45) is 16.4. The van der Waals surface area contributed by atoms with Gasteiger partial charge < -0.3 is 15.3 Å². The second-order valence-electron chi connectivity index (χ2n) is 8.60. The van der Waals surface area contributed by atoms with E-state index in [9.17, 15) is 14.7 Å². The van der Waals surface area contributed by atoms with E-state index in [1.54, 1.807) is 11.0 Å². The van der Waals surface area contributed by atoms with E-state index in [2.05, 4.69) is 19.2 Å². The summed E-state index contributed by atoms with van der Waals surface area (Å²) in [6, 6.07) is -0.169. The molecule has 0 aromatic heterocycles. The zero-order valence-electron chi connectivity index (χ0n) is 17.9. The maximum Gasteiger partial charge on any atom is 0.326 e. The monoisotopic (exact) mass is 392 g/mol. The van der Waals surface area contributed by atoms with Crippen molar-refractivity contribution < 1.29 is 14.7 Å². The first-order valence-electron chi connectivity index (χ1n) is 11.5. The van der Waals surface area contributed by atoms with E-state index in [0.29, 0.717) is 19.0 Å². The fraction of sp³-hybridized carbons (Fsp3) is 0.826. The molecule has 2 aliphatic rings. The third-order valence-corrected chi connectivity index (χ3v) is 6.30. The lowest BCUT2D eigenvalue weighted by molar-refractivity contribution is -0.146. The molecule has 2 fully saturated rings. The molecule has 1 aliphatic heterocycles. The lowest BCUT2D eigenvalue weighted by Gasteiger charge is -2.24. The lowest BCUT2D eigenvalue weighted by Crippen LogP contribution is -2.42. The van der Waals surface area contributed by atoms with E-state index >= 15 is 0 Å². The fourth-order valence-corrected chi connectivity index (χ4v) is 4.67. The van der Waals surface area contributed by atoms with Crippen molar-refractivity contribution in [3.63, 3.8) is 0 Å². The molecule has 2 atom stereocenters. The van der Waals surface area contributed by atoms with Crippen LogP contribution >= 0.6 is 0 Å². The van der Waals surface area contributed by atoms with Gasteiger partial charge >= 0.3 is 5.97 Å². The molecule has 0 aromatic carbocycles. The second-order valence-corrected chi connectivity index (χ2v) is 8.60. The number of allylic oxidation sites excluding steroid dienone is 1. The van der Waals surface area contributed by atoms with Gasteiger partial charge in [-0.2, -0.15) is 0 Å². The quantitative estimate of drug-likeness (QED) is 0.618. The van der Waals surface area contributed by atoms with Crippen LogP contribution in [-0.4, -0.2) is 46.6 Å². The van der Waals surface area contributed by atoms with Crippen LogP contribution in [0.2, 0.25) is 0 Å². The number of hydrogen-bond donors (Lipinski definition) is 2. The van der Waals surface area contributed by atoms with E-state index in [1.807, 2.05) is 0 Å². The highest BCUT2D eigenvalue weighted by atomic mass is 16.4. The standard InChI is InChI=1S/C23H40N2O3/c1-3-12-18(4-2)15-22(26)25-17-20(16-21(25)23(27)28)24-19-13-10-8-6-5-7-9-11-14-19/h15,19-21,24H,3-14,16-17H2,1-2H3,(H,27,28)/b18-15-/t20?,21-/m0/s1. The number of aliphatic carboxylic acids is 1. The van der Waals surface area contributed by atoms with Crippen molar-refractivity contribution in [1.29, 1.82) is 0 Å². The number of hydrogen-bond acceptors (Lipinski definition) is 3. The number of carbonyl (C=O) groups excluding carboxylic acids is 1. The number of carboxylic acids is 1. The molecule has 160 valence electrons. The van der Waals surface area contributed by atoms with Gasteiger partial charge in [-0.05, 0) is 32.1 Å². The summed E-state index contributed by atoms with van der Waals surface area (Å²) in [5, 5.41) is 13.4. The SMILES string of the molecule is CCC/C(=C\C(=O)N1CC(NC2CCCCCCCCC2)C[C@H]1C(=O)O)CC. The van der Waals surface area contributed by atoms with Crippen LogP contribution in [0.4, 0.5) is 0 Å². The third kappa shape index (κ3) is 7.23. The van der Waals surface area contributed by atoms with Crippen LogP contribution in [0, 0.1) is 0 Å². The zero-order valence-corrected chi connectivity index (χ0v) is 17.9. The first-order valence-corrected chi connectivity index (χ1v) is 11.5. The minimum atomic E-state index is -0.884. The van der Waals surface area contributed by atoms with E-state index in [0.717, 1.165) is 24.8 Å². The first-order chi connectivity index (χ1) is 13.5. The van der Waals surface area contributed by atoms with E-state index in [-0.39, 0.29) is 11.9 Å². The summed E-state index contributed by atoms with van der Waals surface area (Å²) in [6.45, 7) is 4.66. The van der Waals surface area contributed by atoms with Gasteiger partial charge in [0.25, 0.3) is 0 Å². The summed E-state index contributed by atoms with van der Waals surface area (Å²) in [5.41, 5.74) is 1.11. The molecule has 5 heteroatoms. The van der Waals surface area contributed by atoms with Crippen molar-refractivity contribution in [3.05, 3.63) is 11.6 Å². The molecule has 1 unspecified atom stereocenters. The zero-order chi connectivity index (χ0) is 20.4. The Morgan fingerprint density at radius 1 is 1.00 bits per heavy atom. The largest absolute Gasteiger partial charge is 0.480 e. The summed E-state index contributed by atoms with van der Waals surface area (Å²) >= 11 is 0. The Morgan fingerprint density at radius 3 is 2.14 bits per heavy atom. The molecule has 1 heterocycles. The van der Waals surface area contributed by atoms with Gasteiger partial charge in [0.2, 0.25) is 5.91 Å². The molecule has 0 spiro atoms. The van der Waals surface area contributed by atoms with Gasteiger partial charge in [-0.15, -0.1) is 0 Å². The third-order valence-electron chi connectivity index (χ3n) is 6.30. The summed E-state index contributed by atoms with van der Waals surface area (Å²) in [5.74, 6) is -1.02. The summed E-state index contributed by atoms with van der Waals surface area (Å²) < 4.78 is 0. The maximum absolute atomic E-state index is 12.8. The average molecular weight is 393 g/mol. The second kappa shape index (κ2) is 12.3. The molecular formula is C23H40N2O3. The van der Waals surface area contributed by atoms with E-state index in [4.69, 9.17) is 0 Å². The van der Waals surface area contributed by atoms with Gasteiger partial charge in [0, 0.05) is 24.7 Å². The predicted octanol–water partition coefficient (Wildman–Crippen LogP) is 4.66. The lowest BCUT2D eigenvalue weighted by atomic mass is 9.96. The minimum absolute atomic E-state index is 0.0858. The van der Waals surface area contributed by atoms with Crippen LogP contribution < -0.4 is 5.32 Å². The smallest absolute Gasteiger partial charge is 0.326 e. The van der Waals surface area contributed by atoms with E-state index in [1.165, 1.54) is 57.8 Å². The molecule has 5 nitrogen and oxygen atoms in total. The molecule has 0 radical (unpaired) electrons. The number of nitrogens with one attached hydrogen (secondary N) is 1. The normalized spacial score (nSPS) is 25.6. The van der Waals surface area contributed by atoms with Gasteiger partial charge in [0.15, 0.2) is 0 Å². The van der Waals surface area contributed by atoms with Crippen molar-refractivity contribution >= 4 is 11.9 Å². The molecule has 1 amide bonds. The summed E-state index contributed by atoms with van der Waals surface area (Å²) in [7, 11) is 0. The molecule has 1 saturated heterocycles. The van der Waals surface area contributed by atoms with Crippen LogP contribution in [0.5, 0.6) is 0 Å². The van der Waals surface area contributed by atoms with E-state index < -0.39 is 12.0 Å². The van der Waals surface area contributed by atoms with Gasteiger partial charge in [-0.25, -0.2) is 4.79 Å². The van der Waals surface area contributed by atoms with Gasteiger partial charge in [-0.1, -0.05) is 70.8 Å². The van der Waals surface area contributed by atoms with Crippen molar-refractivity contribution in [2.45, 2.75) is 115 Å². The summed E-state index contributed by atoms with van der Waals surface area (Å²) in [4.78, 5) is 26.1. The topological polar surface area (TPSA) is 69.6 Å². The molecule has 28 heavy (non-hydrogen) atoms. The number of carboxylic acid groups (broad SMARTS) is 1. The molecule has 1 aliphatic carbocycles. The van der Waals surface area contributed by atoms with Crippen molar-refractivity contribution in [3.8, 4) is 0 Å². The van der Waals surface area contributed by atoms with Gasteiger partial charge in [0.05, 0.1) is 0 Å². The molecular weight excluding hydrogens is 352 g/mol. The maximum atomic E-state index is 12.8. The number of amides is 1. The molecule has 1 saturated carbocycles. The Morgan fingerprint density at radius 2 is 1.61 bits per heavy atom. The van der Waals surface area contributed by atoms with Crippen molar-refractivity contribution in [2.75, 3.05) is 6.54 Å². The highest BCUT2D eigenvalue weighted by Crippen LogP contribution is 2.23. The Labute approximate surface area is 170 Å². The highest BCUT2D eigenvalue weighted by molar-refractivity contribution is 5.92. The Bertz CT molecular complexity index is 522. The van der Waals surface area contributed by atoms with Crippen LogP contribution in [0.1, 0.15) is 97.3 Å². The van der Waals surface area contributed by atoms with Gasteiger partial charge in [-0.3, -0.25) is 4.79 Å². The van der Waals surface area contributed by atoms with Crippen molar-refractivity contribution in [2.24, 2.45) is 0 Å². The molecule has 0 aromatic rings.